The van der Waals surface area contributed by atoms with Crippen LogP contribution in [0.5, 0.6) is 0 Å². The second kappa shape index (κ2) is 8.08. The van der Waals surface area contributed by atoms with E-state index in [4.69, 9.17) is 0 Å². The number of ketones is 1. The Bertz CT molecular complexity index is 924. The molecule has 0 unspecified atom stereocenters. The molecule has 1 nitrogen and oxygen atoms in total. The van der Waals surface area contributed by atoms with E-state index in [1.807, 2.05) is 0 Å². The van der Waals surface area contributed by atoms with Crippen LogP contribution in [-0.2, 0) is 0 Å². The summed E-state index contributed by atoms with van der Waals surface area (Å²) in [6, 6.07) is 1.18. The number of hydrogen-bond donors (Lipinski definition) is 0. The van der Waals surface area contributed by atoms with Crippen molar-refractivity contribution in [2.75, 3.05) is 0 Å². The predicted octanol–water partition coefficient (Wildman–Crippen LogP) is 7.07. The Morgan fingerprint density at radius 2 is 0.933 bits per heavy atom. The zero-order valence-electron chi connectivity index (χ0n) is 16.1. The van der Waals surface area contributed by atoms with Crippen LogP contribution >= 0.6 is 0 Å². The first-order chi connectivity index (χ1) is 14.3. The van der Waals surface area contributed by atoms with Gasteiger partial charge in [0.05, 0.1) is 0 Å². The topological polar surface area (TPSA) is 17.1 Å². The number of hydrogen-bond acceptors (Lipinski definition) is 1. The lowest BCUT2D eigenvalue weighted by atomic mass is 9.84. The lowest BCUT2D eigenvalue weighted by Gasteiger charge is -2.20. The van der Waals surface area contributed by atoms with Gasteiger partial charge in [-0.2, -0.15) is 0 Å². The van der Waals surface area contributed by atoms with Crippen LogP contribution in [0.1, 0.15) is 90.3 Å². The average Bonchev–Trinajstić information content (AvgIpc) is 3.43. The monoisotopic (exact) mass is 426 g/mol. The van der Waals surface area contributed by atoms with Crippen LogP contribution in [0.3, 0.4) is 0 Å². The molecule has 0 aliphatic heterocycles. The van der Waals surface area contributed by atoms with Gasteiger partial charge in [0, 0.05) is 22.3 Å². The molecule has 0 heterocycles. The molecule has 0 bridgehead atoms. The zero-order valence-corrected chi connectivity index (χ0v) is 16.1. The molecular formula is C23H20F6O. The second-order valence-corrected chi connectivity index (χ2v) is 8.19. The highest BCUT2D eigenvalue weighted by Gasteiger charge is 2.34. The maximum Gasteiger partial charge on any atom is 0.194 e. The fourth-order valence-corrected chi connectivity index (χ4v) is 4.97. The number of halogens is 6. The molecule has 0 amide bonds. The molecule has 2 saturated carbocycles. The van der Waals surface area contributed by atoms with E-state index in [0.717, 1.165) is 25.7 Å². The highest BCUT2D eigenvalue weighted by molar-refractivity contribution is 6.11. The van der Waals surface area contributed by atoms with Gasteiger partial charge in [0.1, 0.15) is 0 Å². The summed E-state index contributed by atoms with van der Waals surface area (Å²) in [5, 5.41) is 0. The third kappa shape index (κ3) is 3.42. The summed E-state index contributed by atoms with van der Waals surface area (Å²) in [7, 11) is 0. The third-order valence-corrected chi connectivity index (χ3v) is 6.42. The van der Waals surface area contributed by atoms with Crippen molar-refractivity contribution in [3.8, 4) is 0 Å². The minimum Gasteiger partial charge on any atom is -0.289 e. The normalized spacial score (nSPS) is 17.8. The van der Waals surface area contributed by atoms with Gasteiger partial charge < -0.3 is 0 Å². The lowest BCUT2D eigenvalue weighted by Crippen LogP contribution is -2.17. The molecule has 7 heteroatoms. The van der Waals surface area contributed by atoms with E-state index >= 15 is 0 Å². The largest absolute Gasteiger partial charge is 0.289 e. The molecule has 0 radical (unpaired) electrons. The fourth-order valence-electron chi connectivity index (χ4n) is 4.97. The fraction of sp³-hybridized carbons (Fsp3) is 0.435. The number of carbonyl (C=O) groups is 1. The second-order valence-electron chi connectivity index (χ2n) is 8.19. The molecule has 2 aliphatic carbocycles. The molecule has 2 fully saturated rings. The molecule has 0 atom stereocenters. The molecule has 30 heavy (non-hydrogen) atoms. The first-order valence-electron chi connectivity index (χ1n) is 10.2. The van der Waals surface area contributed by atoms with Crippen LogP contribution in [0.2, 0.25) is 0 Å². The Balaban J connectivity index is 1.92. The molecule has 0 N–H and O–H groups in total. The summed E-state index contributed by atoms with van der Waals surface area (Å²) in [6.45, 7) is 0. The van der Waals surface area contributed by atoms with Gasteiger partial charge in [-0.05, 0) is 49.7 Å². The van der Waals surface area contributed by atoms with Crippen molar-refractivity contribution < 1.29 is 31.1 Å². The van der Waals surface area contributed by atoms with Crippen LogP contribution in [0.25, 0.3) is 0 Å². The summed E-state index contributed by atoms with van der Waals surface area (Å²) in [5.74, 6) is -11.4. The van der Waals surface area contributed by atoms with Crippen molar-refractivity contribution in [1.29, 1.82) is 0 Å². The summed E-state index contributed by atoms with van der Waals surface area (Å²) in [6.07, 6.45) is 4.92. The minimum atomic E-state index is -1.68. The molecule has 2 aliphatic rings. The number of rotatable bonds is 4. The first kappa shape index (κ1) is 20.9. The van der Waals surface area contributed by atoms with E-state index in [9.17, 15) is 31.1 Å². The summed E-state index contributed by atoms with van der Waals surface area (Å²) < 4.78 is 85.4. The van der Waals surface area contributed by atoms with Crippen molar-refractivity contribution in [1.82, 2.24) is 0 Å². The molecule has 4 rings (SSSR count). The van der Waals surface area contributed by atoms with Crippen molar-refractivity contribution >= 4 is 5.78 Å². The van der Waals surface area contributed by atoms with Crippen LogP contribution < -0.4 is 0 Å². The summed E-state index contributed by atoms with van der Waals surface area (Å²) >= 11 is 0. The minimum absolute atomic E-state index is 0.265. The maximum atomic E-state index is 14.7. The Labute approximate surface area is 170 Å². The Morgan fingerprint density at radius 1 is 0.600 bits per heavy atom. The van der Waals surface area contributed by atoms with E-state index in [0.29, 0.717) is 37.8 Å². The van der Waals surface area contributed by atoms with E-state index in [1.165, 1.54) is 0 Å². The molecule has 160 valence electrons. The van der Waals surface area contributed by atoms with Gasteiger partial charge >= 0.3 is 0 Å². The van der Waals surface area contributed by atoms with Gasteiger partial charge in [-0.1, -0.05) is 25.7 Å². The van der Waals surface area contributed by atoms with Crippen LogP contribution in [0, 0.1) is 34.9 Å². The van der Waals surface area contributed by atoms with Crippen LogP contribution in [0.4, 0.5) is 26.3 Å². The molecule has 0 spiro atoms. The van der Waals surface area contributed by atoms with Crippen molar-refractivity contribution in [3.05, 3.63) is 69.3 Å². The predicted molar refractivity (Wildman–Crippen MR) is 98.5 cm³/mol. The van der Waals surface area contributed by atoms with Gasteiger partial charge in [0.2, 0.25) is 0 Å². The van der Waals surface area contributed by atoms with Crippen molar-refractivity contribution in [2.45, 2.75) is 63.2 Å². The smallest absolute Gasteiger partial charge is 0.194 e. The molecule has 0 aromatic heterocycles. The van der Waals surface area contributed by atoms with Gasteiger partial charge in [0.25, 0.3) is 0 Å². The van der Waals surface area contributed by atoms with Gasteiger partial charge in [-0.3, -0.25) is 4.79 Å². The Morgan fingerprint density at radius 3 is 1.27 bits per heavy atom. The SMILES string of the molecule is O=C(c1cc(F)c(F)c(F)c1C1CCCC1)c1cc(F)c(F)c(F)c1C1CCCC1. The van der Waals surface area contributed by atoms with Gasteiger partial charge in [-0.25, -0.2) is 26.3 Å². The Kier molecular flexibility index (Phi) is 5.64. The molecule has 2 aromatic carbocycles. The van der Waals surface area contributed by atoms with Gasteiger partial charge in [0.15, 0.2) is 40.7 Å². The zero-order chi connectivity index (χ0) is 21.6. The van der Waals surface area contributed by atoms with Crippen molar-refractivity contribution in [2.24, 2.45) is 0 Å². The average molecular weight is 426 g/mol. The summed E-state index contributed by atoms with van der Waals surface area (Å²) in [5.41, 5.74) is -1.44. The molecular weight excluding hydrogens is 406 g/mol. The molecule has 2 aromatic rings. The molecule has 0 saturated heterocycles. The quantitative estimate of drug-likeness (QED) is 0.290. The maximum absolute atomic E-state index is 14.7. The van der Waals surface area contributed by atoms with Gasteiger partial charge in [-0.15, -0.1) is 0 Å². The summed E-state index contributed by atoms with van der Waals surface area (Å²) in [4.78, 5) is 13.3. The van der Waals surface area contributed by atoms with E-state index < -0.39 is 63.6 Å². The Hall–Kier alpha value is -2.31. The number of carbonyl (C=O) groups excluding carboxylic acids is 1. The van der Waals surface area contributed by atoms with Crippen LogP contribution in [0.15, 0.2) is 12.1 Å². The standard InChI is InChI=1S/C23H20F6O/c24-15-9-13(17(21(28)19(15)26)11-5-1-2-6-11)23(30)14-10-16(25)20(27)22(29)18(14)12-7-3-4-8-12/h9-12H,1-8H2. The number of benzene rings is 2. The van der Waals surface area contributed by atoms with Crippen LogP contribution in [-0.4, -0.2) is 5.78 Å². The first-order valence-corrected chi connectivity index (χ1v) is 10.2. The highest BCUT2D eigenvalue weighted by Crippen LogP contribution is 2.42. The van der Waals surface area contributed by atoms with E-state index in [1.54, 1.807) is 0 Å². The highest BCUT2D eigenvalue weighted by atomic mass is 19.2. The third-order valence-electron chi connectivity index (χ3n) is 6.42. The van der Waals surface area contributed by atoms with E-state index in [-0.39, 0.29) is 11.1 Å². The lowest BCUT2D eigenvalue weighted by molar-refractivity contribution is 0.103. The van der Waals surface area contributed by atoms with Crippen molar-refractivity contribution in [3.63, 3.8) is 0 Å². The van der Waals surface area contributed by atoms with E-state index in [2.05, 4.69) is 0 Å².